The predicted molar refractivity (Wildman–Crippen MR) is 95.4 cm³/mol. The minimum atomic E-state index is -1.03. The molecule has 2 rings (SSSR count). The Morgan fingerprint density at radius 3 is 2.85 bits per heavy atom. The summed E-state index contributed by atoms with van der Waals surface area (Å²) in [7, 11) is 0. The first-order chi connectivity index (χ1) is 12.4. The maximum Gasteiger partial charge on any atom is 0.326 e. The third-order valence-corrected chi connectivity index (χ3v) is 4.34. The van der Waals surface area contributed by atoms with Crippen LogP contribution in [0.4, 0.5) is 5.69 Å². The number of nitrogens with zero attached hydrogens (tertiary/aromatic N) is 2. The Kier molecular flexibility index (Phi) is 6.98. The van der Waals surface area contributed by atoms with Crippen LogP contribution in [-0.4, -0.2) is 41.9 Å². The molecule has 0 spiro atoms. The lowest BCUT2D eigenvalue weighted by molar-refractivity contribution is -0.156. The molecule has 1 N–H and O–H groups in total. The van der Waals surface area contributed by atoms with E-state index in [1.54, 1.807) is 0 Å². The van der Waals surface area contributed by atoms with Crippen molar-refractivity contribution in [3.63, 3.8) is 0 Å². The van der Waals surface area contributed by atoms with E-state index in [9.17, 15) is 14.4 Å². The first kappa shape index (κ1) is 19.7. The molecule has 1 atom stereocenters. The second-order valence-corrected chi connectivity index (χ2v) is 6.46. The van der Waals surface area contributed by atoms with Crippen LogP contribution in [0, 0.1) is 11.3 Å². The summed E-state index contributed by atoms with van der Waals surface area (Å²) >= 11 is 5.92. The summed E-state index contributed by atoms with van der Waals surface area (Å²) < 4.78 is 5.12. The number of esters is 1. The van der Waals surface area contributed by atoms with Crippen molar-refractivity contribution in [3.8, 4) is 6.07 Å². The third-order valence-electron chi connectivity index (χ3n) is 4.03. The number of nitriles is 1. The molecule has 0 saturated carbocycles. The van der Waals surface area contributed by atoms with Crippen LogP contribution in [0.25, 0.3) is 0 Å². The van der Waals surface area contributed by atoms with E-state index in [0.29, 0.717) is 24.2 Å². The Labute approximate surface area is 156 Å². The molecule has 138 valence electrons. The number of hydrogen-bond donors (Lipinski definition) is 1. The van der Waals surface area contributed by atoms with Gasteiger partial charge in [0.25, 0.3) is 5.91 Å². The quantitative estimate of drug-likeness (QED) is 0.794. The number of carbonyl (C=O) groups excluding carboxylic acids is 3. The molecular weight excluding hydrogens is 358 g/mol. The molecule has 0 radical (unpaired) electrons. The van der Waals surface area contributed by atoms with Crippen molar-refractivity contribution in [2.75, 3.05) is 18.4 Å². The molecule has 1 aliphatic heterocycles. The first-order valence-corrected chi connectivity index (χ1v) is 8.76. The summed E-state index contributed by atoms with van der Waals surface area (Å²) in [6.07, 6.45) is 2.05. The topological polar surface area (TPSA) is 99.5 Å². The zero-order chi connectivity index (χ0) is 19.1. The molecule has 1 saturated heterocycles. The predicted octanol–water partition coefficient (Wildman–Crippen LogP) is 2.48. The summed E-state index contributed by atoms with van der Waals surface area (Å²) in [6, 6.07) is 6.39. The van der Waals surface area contributed by atoms with Gasteiger partial charge in [-0.2, -0.15) is 5.26 Å². The van der Waals surface area contributed by atoms with Crippen LogP contribution in [0.5, 0.6) is 0 Å². The van der Waals surface area contributed by atoms with Gasteiger partial charge in [-0.25, -0.2) is 0 Å². The average molecular weight is 378 g/mol. The molecule has 2 amide bonds. The van der Waals surface area contributed by atoms with Gasteiger partial charge in [-0.1, -0.05) is 18.0 Å². The van der Waals surface area contributed by atoms with Crippen LogP contribution in [-0.2, 0) is 19.1 Å². The number of halogens is 1. The molecule has 0 bridgehead atoms. The molecule has 1 fully saturated rings. The zero-order valence-corrected chi connectivity index (χ0v) is 15.2. The Hall–Kier alpha value is -2.59. The van der Waals surface area contributed by atoms with Crippen LogP contribution in [0.15, 0.2) is 18.2 Å². The Bertz CT molecular complexity index is 744. The van der Waals surface area contributed by atoms with Gasteiger partial charge in [-0.3, -0.25) is 14.4 Å². The Balaban J connectivity index is 1.87. The molecule has 1 heterocycles. The average Bonchev–Trinajstić information content (AvgIpc) is 2.79. The number of rotatable bonds is 5. The van der Waals surface area contributed by atoms with Gasteiger partial charge < -0.3 is 15.0 Å². The van der Waals surface area contributed by atoms with Gasteiger partial charge in [-0.05, 0) is 38.0 Å². The lowest BCUT2D eigenvalue weighted by Gasteiger charge is -2.20. The van der Waals surface area contributed by atoms with Crippen molar-refractivity contribution in [3.05, 3.63) is 28.8 Å². The molecule has 0 aromatic heterocycles. The standard InChI is InChI=1S/C18H20ClN3O4/c1-12(18(25)21-14-7-6-13(10-20)15(19)9-14)26-17(24)11-22-8-4-2-3-5-16(22)23/h6-7,9,12H,2-5,8,11H2,1H3,(H,21,25)/t12-/m0/s1. The minimum absolute atomic E-state index is 0.0659. The van der Waals surface area contributed by atoms with E-state index in [2.05, 4.69) is 5.32 Å². The monoisotopic (exact) mass is 377 g/mol. The molecule has 26 heavy (non-hydrogen) atoms. The smallest absolute Gasteiger partial charge is 0.326 e. The Morgan fingerprint density at radius 1 is 1.38 bits per heavy atom. The molecule has 0 aliphatic carbocycles. The molecule has 8 heteroatoms. The fraction of sp³-hybridized carbons (Fsp3) is 0.444. The van der Waals surface area contributed by atoms with Crippen molar-refractivity contribution in [1.29, 1.82) is 5.26 Å². The summed E-state index contributed by atoms with van der Waals surface area (Å²) in [6.45, 7) is 1.82. The highest BCUT2D eigenvalue weighted by Crippen LogP contribution is 2.20. The summed E-state index contributed by atoms with van der Waals surface area (Å²) in [4.78, 5) is 37.5. The third kappa shape index (κ3) is 5.46. The van der Waals surface area contributed by atoms with E-state index in [-0.39, 0.29) is 17.5 Å². The normalized spacial score (nSPS) is 15.6. The zero-order valence-electron chi connectivity index (χ0n) is 14.5. The highest BCUT2D eigenvalue weighted by molar-refractivity contribution is 6.32. The van der Waals surface area contributed by atoms with E-state index < -0.39 is 18.0 Å². The van der Waals surface area contributed by atoms with Crippen molar-refractivity contribution in [2.45, 2.75) is 38.7 Å². The summed E-state index contributed by atoms with van der Waals surface area (Å²) in [5, 5.41) is 11.6. The van der Waals surface area contributed by atoms with Gasteiger partial charge in [0, 0.05) is 18.7 Å². The van der Waals surface area contributed by atoms with Gasteiger partial charge >= 0.3 is 5.97 Å². The highest BCUT2D eigenvalue weighted by atomic mass is 35.5. The number of amides is 2. The number of anilines is 1. The second kappa shape index (κ2) is 9.20. The van der Waals surface area contributed by atoms with E-state index >= 15 is 0 Å². The van der Waals surface area contributed by atoms with E-state index in [1.807, 2.05) is 6.07 Å². The van der Waals surface area contributed by atoms with Crippen molar-refractivity contribution < 1.29 is 19.1 Å². The van der Waals surface area contributed by atoms with Crippen LogP contribution >= 0.6 is 11.6 Å². The largest absolute Gasteiger partial charge is 0.451 e. The summed E-state index contributed by atoms with van der Waals surface area (Å²) in [5.74, 6) is -1.22. The van der Waals surface area contributed by atoms with E-state index in [4.69, 9.17) is 21.6 Å². The fourth-order valence-electron chi connectivity index (χ4n) is 2.58. The SMILES string of the molecule is C[C@H](OC(=O)CN1CCCCCC1=O)C(=O)Nc1ccc(C#N)c(Cl)c1. The van der Waals surface area contributed by atoms with Gasteiger partial charge in [0.1, 0.15) is 12.6 Å². The number of carbonyl (C=O) groups is 3. The van der Waals surface area contributed by atoms with Crippen LogP contribution < -0.4 is 5.32 Å². The van der Waals surface area contributed by atoms with Crippen molar-refractivity contribution in [1.82, 2.24) is 4.90 Å². The van der Waals surface area contributed by atoms with Crippen molar-refractivity contribution in [2.24, 2.45) is 0 Å². The molecular formula is C18H20ClN3O4. The molecule has 1 aromatic rings. The first-order valence-electron chi connectivity index (χ1n) is 8.38. The number of nitrogens with one attached hydrogen (secondary N) is 1. The summed E-state index contributed by atoms with van der Waals surface area (Å²) in [5.41, 5.74) is 0.691. The van der Waals surface area contributed by atoms with Crippen LogP contribution in [0.1, 0.15) is 38.2 Å². The van der Waals surface area contributed by atoms with E-state index in [0.717, 1.165) is 19.3 Å². The Morgan fingerprint density at radius 2 is 2.15 bits per heavy atom. The fourth-order valence-corrected chi connectivity index (χ4v) is 2.80. The lowest BCUT2D eigenvalue weighted by Crippen LogP contribution is -2.38. The lowest BCUT2D eigenvalue weighted by atomic mass is 10.2. The van der Waals surface area contributed by atoms with Gasteiger partial charge in [0.2, 0.25) is 5.91 Å². The van der Waals surface area contributed by atoms with Gasteiger partial charge in [0.05, 0.1) is 10.6 Å². The number of benzene rings is 1. The number of likely N-dealkylation sites (tertiary alicyclic amines) is 1. The highest BCUT2D eigenvalue weighted by Gasteiger charge is 2.23. The van der Waals surface area contributed by atoms with Crippen LogP contribution in [0.3, 0.4) is 0 Å². The maximum atomic E-state index is 12.1. The van der Waals surface area contributed by atoms with Gasteiger partial charge in [-0.15, -0.1) is 0 Å². The molecule has 1 aromatic carbocycles. The van der Waals surface area contributed by atoms with Gasteiger partial charge in [0.15, 0.2) is 6.10 Å². The molecule has 1 aliphatic rings. The number of hydrogen-bond acceptors (Lipinski definition) is 5. The van der Waals surface area contributed by atoms with Crippen LogP contribution in [0.2, 0.25) is 5.02 Å². The molecule has 7 nitrogen and oxygen atoms in total. The number of ether oxygens (including phenoxy) is 1. The minimum Gasteiger partial charge on any atom is -0.451 e. The molecule has 0 unspecified atom stereocenters. The van der Waals surface area contributed by atoms with E-state index in [1.165, 1.54) is 30.0 Å². The van der Waals surface area contributed by atoms with Crippen molar-refractivity contribution >= 4 is 35.1 Å². The second-order valence-electron chi connectivity index (χ2n) is 6.05. The maximum absolute atomic E-state index is 12.1.